The lowest BCUT2D eigenvalue weighted by Gasteiger charge is -2.23. The Morgan fingerprint density at radius 1 is 1.25 bits per heavy atom. The van der Waals surface area contributed by atoms with Gasteiger partial charge < -0.3 is 15.8 Å². The Morgan fingerprint density at radius 2 is 2.00 bits per heavy atom. The first kappa shape index (κ1) is 22.0. The van der Waals surface area contributed by atoms with Crippen LogP contribution in [0.4, 0.5) is 0 Å². The van der Waals surface area contributed by atoms with Gasteiger partial charge in [0, 0.05) is 19.2 Å². The molecule has 1 aliphatic carbocycles. The maximum Gasteiger partial charge on any atom is 0.188 e. The number of ether oxygens (including phenoxy) is 1. The molecule has 142 valence electrons. The van der Waals surface area contributed by atoms with Crippen molar-refractivity contribution in [2.24, 2.45) is 16.6 Å². The standard InChI is InChI=1S/C18H36N4O.HI/c1-3-22-13-7-10-16(22)14-21-18(19)20-12-11-17(23-4-2)15-8-5-6-9-15;/h15-17H,3-14H2,1-2H3,(H3,19,20,21);1H. The highest BCUT2D eigenvalue weighted by atomic mass is 127. The van der Waals surface area contributed by atoms with Crippen molar-refractivity contribution in [3.8, 4) is 0 Å². The van der Waals surface area contributed by atoms with E-state index in [1.807, 2.05) is 0 Å². The molecule has 0 aromatic heterocycles. The summed E-state index contributed by atoms with van der Waals surface area (Å²) in [4.78, 5) is 7.05. The molecule has 5 nitrogen and oxygen atoms in total. The molecule has 1 heterocycles. The van der Waals surface area contributed by atoms with Gasteiger partial charge >= 0.3 is 0 Å². The Kier molecular flexibility index (Phi) is 11.3. The molecule has 0 radical (unpaired) electrons. The zero-order valence-corrected chi connectivity index (χ0v) is 17.8. The smallest absolute Gasteiger partial charge is 0.188 e. The first-order valence-electron chi connectivity index (χ1n) is 9.64. The summed E-state index contributed by atoms with van der Waals surface area (Å²) in [6.07, 6.45) is 9.32. The molecular formula is C18H37IN4O. The van der Waals surface area contributed by atoms with Crippen molar-refractivity contribution in [2.45, 2.75) is 70.9 Å². The van der Waals surface area contributed by atoms with Crippen molar-refractivity contribution in [1.82, 2.24) is 10.2 Å². The minimum absolute atomic E-state index is 0. The lowest BCUT2D eigenvalue weighted by molar-refractivity contribution is 0.0170. The summed E-state index contributed by atoms with van der Waals surface area (Å²) in [5, 5.41) is 3.28. The number of likely N-dealkylation sites (N-methyl/N-ethyl adjacent to an activating group) is 1. The third kappa shape index (κ3) is 7.04. The Balaban J connectivity index is 0.00000288. The maximum absolute atomic E-state index is 6.03. The fourth-order valence-electron chi connectivity index (χ4n) is 4.12. The van der Waals surface area contributed by atoms with Gasteiger partial charge in [-0.05, 0) is 58.0 Å². The zero-order chi connectivity index (χ0) is 16.5. The summed E-state index contributed by atoms with van der Waals surface area (Å²) in [7, 11) is 0. The van der Waals surface area contributed by atoms with Gasteiger partial charge in [-0.3, -0.25) is 9.89 Å². The van der Waals surface area contributed by atoms with Crippen LogP contribution in [0.5, 0.6) is 0 Å². The van der Waals surface area contributed by atoms with Crippen LogP contribution < -0.4 is 11.1 Å². The zero-order valence-electron chi connectivity index (χ0n) is 15.5. The lowest BCUT2D eigenvalue weighted by atomic mass is 9.98. The SMILES string of the molecule is CCOC(CCNC(N)=NCC1CCCN1CC)C1CCCC1.I. The van der Waals surface area contributed by atoms with Crippen molar-refractivity contribution in [1.29, 1.82) is 0 Å². The third-order valence-corrected chi connectivity index (χ3v) is 5.42. The van der Waals surface area contributed by atoms with Gasteiger partial charge in [-0.15, -0.1) is 24.0 Å². The van der Waals surface area contributed by atoms with E-state index in [4.69, 9.17) is 10.5 Å². The highest BCUT2D eigenvalue weighted by Gasteiger charge is 2.25. The Hall–Kier alpha value is -0.0800. The van der Waals surface area contributed by atoms with Gasteiger partial charge in [0.05, 0.1) is 12.6 Å². The second-order valence-corrected chi connectivity index (χ2v) is 6.90. The lowest BCUT2D eigenvalue weighted by Crippen LogP contribution is -2.37. The molecule has 2 atom stereocenters. The molecular weight excluding hydrogens is 415 g/mol. The van der Waals surface area contributed by atoms with E-state index in [2.05, 4.69) is 29.1 Å². The van der Waals surface area contributed by atoms with E-state index in [0.717, 1.165) is 38.6 Å². The van der Waals surface area contributed by atoms with Crippen molar-refractivity contribution >= 4 is 29.9 Å². The Morgan fingerprint density at radius 3 is 2.67 bits per heavy atom. The molecule has 0 aromatic rings. The predicted molar refractivity (Wildman–Crippen MR) is 112 cm³/mol. The van der Waals surface area contributed by atoms with Gasteiger partial charge in [-0.2, -0.15) is 0 Å². The number of nitrogens with zero attached hydrogens (tertiary/aromatic N) is 2. The van der Waals surface area contributed by atoms with Crippen LogP contribution in [0.3, 0.4) is 0 Å². The Bertz CT molecular complexity index is 361. The van der Waals surface area contributed by atoms with E-state index in [1.54, 1.807) is 0 Å². The summed E-state index contributed by atoms with van der Waals surface area (Å²) in [6.45, 7) is 9.13. The summed E-state index contributed by atoms with van der Waals surface area (Å²) in [5.41, 5.74) is 6.03. The normalized spacial score (nSPS) is 24.1. The van der Waals surface area contributed by atoms with E-state index >= 15 is 0 Å². The van der Waals surface area contributed by atoms with Crippen LogP contribution in [-0.2, 0) is 4.74 Å². The van der Waals surface area contributed by atoms with E-state index in [9.17, 15) is 0 Å². The van der Waals surface area contributed by atoms with Gasteiger partial charge in [-0.1, -0.05) is 19.8 Å². The molecule has 2 fully saturated rings. The minimum Gasteiger partial charge on any atom is -0.378 e. The van der Waals surface area contributed by atoms with Crippen molar-refractivity contribution < 1.29 is 4.74 Å². The Labute approximate surface area is 165 Å². The third-order valence-electron chi connectivity index (χ3n) is 5.42. The van der Waals surface area contributed by atoms with Gasteiger partial charge in [0.15, 0.2) is 5.96 Å². The number of halogens is 1. The summed E-state index contributed by atoms with van der Waals surface area (Å²) in [6, 6.07) is 0.579. The monoisotopic (exact) mass is 452 g/mol. The molecule has 1 aliphatic heterocycles. The summed E-state index contributed by atoms with van der Waals surface area (Å²) < 4.78 is 5.95. The predicted octanol–water partition coefficient (Wildman–Crippen LogP) is 2.98. The molecule has 0 bridgehead atoms. The molecule has 1 saturated heterocycles. The average molecular weight is 452 g/mol. The molecule has 3 N–H and O–H groups in total. The molecule has 2 aliphatic rings. The topological polar surface area (TPSA) is 62.9 Å². The van der Waals surface area contributed by atoms with Crippen LogP contribution in [0, 0.1) is 5.92 Å². The van der Waals surface area contributed by atoms with E-state index in [1.165, 1.54) is 45.1 Å². The quantitative estimate of drug-likeness (QED) is 0.321. The highest BCUT2D eigenvalue weighted by Crippen LogP contribution is 2.30. The summed E-state index contributed by atoms with van der Waals surface area (Å²) in [5.74, 6) is 1.33. The number of likely N-dealkylation sites (tertiary alicyclic amines) is 1. The number of rotatable bonds is 9. The van der Waals surface area contributed by atoms with Gasteiger partial charge in [0.1, 0.15) is 0 Å². The second-order valence-electron chi connectivity index (χ2n) is 6.90. The number of nitrogens with one attached hydrogen (secondary N) is 1. The van der Waals surface area contributed by atoms with E-state index in [0.29, 0.717) is 18.1 Å². The van der Waals surface area contributed by atoms with Crippen molar-refractivity contribution in [2.75, 3.05) is 32.8 Å². The molecule has 0 amide bonds. The average Bonchev–Trinajstić information content (AvgIpc) is 3.23. The second kappa shape index (κ2) is 12.3. The fourth-order valence-corrected chi connectivity index (χ4v) is 4.12. The molecule has 24 heavy (non-hydrogen) atoms. The molecule has 0 spiro atoms. The maximum atomic E-state index is 6.03. The molecule has 2 rings (SSSR count). The van der Waals surface area contributed by atoms with Crippen molar-refractivity contribution in [3.63, 3.8) is 0 Å². The number of hydrogen-bond donors (Lipinski definition) is 2. The van der Waals surface area contributed by atoms with E-state index < -0.39 is 0 Å². The number of nitrogens with two attached hydrogens (primary N) is 1. The van der Waals surface area contributed by atoms with Gasteiger partial charge in [0.2, 0.25) is 0 Å². The number of aliphatic imine (C=N–C) groups is 1. The molecule has 6 heteroatoms. The fraction of sp³-hybridized carbons (Fsp3) is 0.944. The van der Waals surface area contributed by atoms with Gasteiger partial charge in [0.25, 0.3) is 0 Å². The van der Waals surface area contributed by atoms with Crippen LogP contribution in [-0.4, -0.2) is 55.8 Å². The van der Waals surface area contributed by atoms with Crippen LogP contribution in [0.25, 0.3) is 0 Å². The first-order valence-corrected chi connectivity index (χ1v) is 9.64. The minimum atomic E-state index is 0. The van der Waals surface area contributed by atoms with Crippen LogP contribution in [0.2, 0.25) is 0 Å². The van der Waals surface area contributed by atoms with Gasteiger partial charge in [-0.25, -0.2) is 0 Å². The molecule has 0 aromatic carbocycles. The van der Waals surface area contributed by atoms with Crippen LogP contribution in [0.15, 0.2) is 4.99 Å². The van der Waals surface area contributed by atoms with Crippen LogP contribution in [0.1, 0.15) is 58.8 Å². The van der Waals surface area contributed by atoms with E-state index in [-0.39, 0.29) is 24.0 Å². The summed E-state index contributed by atoms with van der Waals surface area (Å²) >= 11 is 0. The number of guanidine groups is 1. The first-order chi connectivity index (χ1) is 11.2. The largest absolute Gasteiger partial charge is 0.378 e. The highest BCUT2D eigenvalue weighted by molar-refractivity contribution is 14.0. The molecule has 1 saturated carbocycles. The van der Waals surface area contributed by atoms with Crippen LogP contribution >= 0.6 is 24.0 Å². The number of hydrogen-bond acceptors (Lipinski definition) is 3. The molecule has 2 unspecified atom stereocenters. The van der Waals surface area contributed by atoms with Crippen molar-refractivity contribution in [3.05, 3.63) is 0 Å².